The first-order valence-corrected chi connectivity index (χ1v) is 13.9. The van der Waals surface area contributed by atoms with Gasteiger partial charge in [-0.1, -0.05) is 85.6 Å². The van der Waals surface area contributed by atoms with Crippen LogP contribution in [0.2, 0.25) is 0 Å². The van der Waals surface area contributed by atoms with E-state index in [0.29, 0.717) is 26.2 Å². The Hall–Kier alpha value is -3.06. The molecule has 1 aromatic heterocycles. The predicted molar refractivity (Wildman–Crippen MR) is 153 cm³/mol. The van der Waals surface area contributed by atoms with E-state index in [2.05, 4.69) is 71.0 Å². The number of carbonyl (C=O) groups is 2. The highest BCUT2D eigenvalue weighted by Crippen LogP contribution is 2.15. The molecule has 198 valence electrons. The fourth-order valence-electron chi connectivity index (χ4n) is 4.18. The Kier molecular flexibility index (Phi) is 11.3. The summed E-state index contributed by atoms with van der Waals surface area (Å²) in [6.45, 7) is 9.20. The SMILES string of the molecule is CCCCN(Cc1cccn1Cc1ccc(Br)cc1)C(=O)CN(CC(C)C)C(=O)NCc1ccccc1. The van der Waals surface area contributed by atoms with Crippen LogP contribution in [0.4, 0.5) is 4.79 Å². The molecule has 0 spiro atoms. The maximum Gasteiger partial charge on any atom is 0.318 e. The molecule has 3 amide bonds. The van der Waals surface area contributed by atoms with Crippen molar-refractivity contribution in [1.29, 1.82) is 0 Å². The quantitative estimate of drug-likeness (QED) is 0.264. The fourth-order valence-corrected chi connectivity index (χ4v) is 4.44. The highest BCUT2D eigenvalue weighted by molar-refractivity contribution is 9.10. The summed E-state index contributed by atoms with van der Waals surface area (Å²) in [6, 6.07) is 22.0. The Labute approximate surface area is 229 Å². The van der Waals surface area contributed by atoms with Gasteiger partial charge in [-0.25, -0.2) is 4.79 Å². The van der Waals surface area contributed by atoms with Crippen molar-refractivity contribution >= 4 is 27.9 Å². The molecule has 2 aromatic carbocycles. The molecule has 0 unspecified atom stereocenters. The van der Waals surface area contributed by atoms with Gasteiger partial charge >= 0.3 is 6.03 Å². The summed E-state index contributed by atoms with van der Waals surface area (Å²) in [5.74, 6) is 0.225. The molecule has 0 saturated carbocycles. The first-order chi connectivity index (χ1) is 17.9. The van der Waals surface area contributed by atoms with E-state index in [1.54, 1.807) is 4.90 Å². The Balaban J connectivity index is 1.69. The van der Waals surface area contributed by atoms with Crippen LogP contribution in [0.3, 0.4) is 0 Å². The van der Waals surface area contributed by atoms with E-state index in [-0.39, 0.29) is 24.4 Å². The van der Waals surface area contributed by atoms with Crippen molar-refractivity contribution in [2.24, 2.45) is 5.92 Å². The average Bonchev–Trinajstić information content (AvgIpc) is 3.32. The lowest BCUT2D eigenvalue weighted by Crippen LogP contribution is -2.48. The summed E-state index contributed by atoms with van der Waals surface area (Å²) in [5.41, 5.74) is 3.31. The van der Waals surface area contributed by atoms with E-state index in [1.807, 2.05) is 53.4 Å². The zero-order valence-corrected chi connectivity index (χ0v) is 23.8. The van der Waals surface area contributed by atoms with Gasteiger partial charge < -0.3 is 19.7 Å². The van der Waals surface area contributed by atoms with Gasteiger partial charge in [-0.3, -0.25) is 4.79 Å². The van der Waals surface area contributed by atoms with Gasteiger partial charge in [0.25, 0.3) is 0 Å². The molecule has 0 aliphatic heterocycles. The van der Waals surface area contributed by atoms with Gasteiger partial charge in [-0.05, 0) is 47.7 Å². The molecule has 0 aliphatic carbocycles. The molecule has 1 N–H and O–H groups in total. The molecule has 1 heterocycles. The number of urea groups is 1. The van der Waals surface area contributed by atoms with Gasteiger partial charge in [-0.15, -0.1) is 0 Å². The van der Waals surface area contributed by atoms with Crippen LogP contribution in [0.25, 0.3) is 0 Å². The highest BCUT2D eigenvalue weighted by atomic mass is 79.9. The lowest BCUT2D eigenvalue weighted by Gasteiger charge is -2.29. The maximum absolute atomic E-state index is 13.5. The van der Waals surface area contributed by atoms with Crippen LogP contribution in [0, 0.1) is 5.92 Å². The van der Waals surface area contributed by atoms with Gasteiger partial charge in [0.2, 0.25) is 5.91 Å². The molecule has 7 heteroatoms. The van der Waals surface area contributed by atoms with Gasteiger partial charge in [0.05, 0.1) is 6.54 Å². The summed E-state index contributed by atoms with van der Waals surface area (Å²) in [4.78, 5) is 30.1. The molecule has 37 heavy (non-hydrogen) atoms. The molecular formula is C30H39BrN4O2. The minimum absolute atomic E-state index is 0.0275. The molecule has 0 atom stereocenters. The Bertz CT molecular complexity index is 1110. The second-order valence-electron chi connectivity index (χ2n) is 9.84. The second kappa shape index (κ2) is 14.6. The average molecular weight is 568 g/mol. The minimum atomic E-state index is -0.208. The summed E-state index contributed by atoms with van der Waals surface area (Å²) < 4.78 is 3.24. The van der Waals surface area contributed by atoms with Crippen LogP contribution in [0.5, 0.6) is 0 Å². The van der Waals surface area contributed by atoms with Gasteiger partial charge in [-0.2, -0.15) is 0 Å². The monoisotopic (exact) mass is 566 g/mol. The van der Waals surface area contributed by atoms with Crippen LogP contribution in [-0.4, -0.2) is 45.9 Å². The first kappa shape index (κ1) is 28.5. The zero-order chi connectivity index (χ0) is 26.6. The van der Waals surface area contributed by atoms with E-state index < -0.39 is 0 Å². The van der Waals surface area contributed by atoms with E-state index in [4.69, 9.17) is 0 Å². The third-order valence-corrected chi connectivity index (χ3v) is 6.69. The van der Waals surface area contributed by atoms with E-state index in [9.17, 15) is 9.59 Å². The third kappa shape index (κ3) is 9.39. The lowest BCUT2D eigenvalue weighted by molar-refractivity contribution is -0.132. The maximum atomic E-state index is 13.5. The van der Waals surface area contributed by atoms with Crippen LogP contribution in [0.1, 0.15) is 50.4 Å². The number of benzene rings is 2. The van der Waals surface area contributed by atoms with Crippen molar-refractivity contribution < 1.29 is 9.59 Å². The van der Waals surface area contributed by atoms with Gasteiger partial charge in [0.1, 0.15) is 6.54 Å². The summed E-state index contributed by atoms with van der Waals surface area (Å²) in [6.07, 6.45) is 3.97. The van der Waals surface area contributed by atoms with E-state index in [0.717, 1.165) is 35.1 Å². The number of rotatable bonds is 13. The molecule has 0 aliphatic rings. The van der Waals surface area contributed by atoms with E-state index in [1.165, 1.54) is 5.56 Å². The zero-order valence-electron chi connectivity index (χ0n) is 22.2. The highest BCUT2D eigenvalue weighted by Gasteiger charge is 2.23. The minimum Gasteiger partial charge on any atom is -0.345 e. The Morgan fingerprint density at radius 1 is 0.946 bits per heavy atom. The Morgan fingerprint density at radius 2 is 1.68 bits per heavy atom. The number of unbranched alkanes of at least 4 members (excludes halogenated alkanes) is 1. The van der Waals surface area contributed by atoms with Crippen LogP contribution >= 0.6 is 15.9 Å². The number of carbonyl (C=O) groups excluding carboxylic acids is 2. The third-order valence-electron chi connectivity index (χ3n) is 6.16. The van der Waals surface area contributed by atoms with E-state index >= 15 is 0 Å². The number of nitrogens with one attached hydrogen (secondary N) is 1. The van der Waals surface area contributed by atoms with Gasteiger partial charge in [0.15, 0.2) is 0 Å². The fraction of sp³-hybridized carbons (Fsp3) is 0.400. The largest absolute Gasteiger partial charge is 0.345 e. The van der Waals surface area contributed by atoms with Crippen molar-refractivity contribution in [2.45, 2.75) is 53.2 Å². The topological polar surface area (TPSA) is 57.6 Å². The number of aromatic nitrogens is 1. The molecule has 3 aromatic rings. The van der Waals surface area contributed by atoms with Crippen molar-refractivity contribution in [2.75, 3.05) is 19.6 Å². The first-order valence-electron chi connectivity index (χ1n) is 13.1. The molecule has 0 fully saturated rings. The van der Waals surface area contributed by atoms with Crippen LogP contribution in [0.15, 0.2) is 77.4 Å². The van der Waals surface area contributed by atoms with Crippen molar-refractivity contribution in [3.05, 3.63) is 94.2 Å². The molecule has 0 saturated heterocycles. The number of hydrogen-bond donors (Lipinski definition) is 1. The number of halogens is 1. The van der Waals surface area contributed by atoms with Crippen molar-refractivity contribution in [3.8, 4) is 0 Å². The number of nitrogens with zero attached hydrogens (tertiary/aromatic N) is 3. The normalized spacial score (nSPS) is 10.9. The standard InChI is InChI=1S/C30H39BrN4O2/c1-4-5-17-34(22-28-12-9-18-33(28)21-26-13-15-27(31)16-14-26)29(36)23-35(20-24(2)3)30(37)32-19-25-10-7-6-8-11-25/h6-16,18,24H,4-5,17,19-23H2,1-3H3,(H,32,37). The number of hydrogen-bond acceptors (Lipinski definition) is 2. The lowest BCUT2D eigenvalue weighted by atomic mass is 10.2. The predicted octanol–water partition coefficient (Wildman–Crippen LogP) is 6.30. The summed E-state index contributed by atoms with van der Waals surface area (Å²) in [5, 5.41) is 2.99. The summed E-state index contributed by atoms with van der Waals surface area (Å²) >= 11 is 3.49. The van der Waals surface area contributed by atoms with Crippen LogP contribution < -0.4 is 5.32 Å². The van der Waals surface area contributed by atoms with Crippen molar-refractivity contribution in [3.63, 3.8) is 0 Å². The Morgan fingerprint density at radius 3 is 2.35 bits per heavy atom. The summed E-state index contributed by atoms with van der Waals surface area (Å²) in [7, 11) is 0. The van der Waals surface area contributed by atoms with Crippen LogP contribution in [-0.2, 0) is 24.4 Å². The molecule has 0 radical (unpaired) electrons. The molecule has 0 bridgehead atoms. The van der Waals surface area contributed by atoms with Crippen molar-refractivity contribution in [1.82, 2.24) is 19.7 Å². The second-order valence-corrected chi connectivity index (χ2v) is 10.8. The molecular weight excluding hydrogens is 528 g/mol. The smallest absolute Gasteiger partial charge is 0.318 e. The molecule has 6 nitrogen and oxygen atoms in total. The molecule has 3 rings (SSSR count). The number of amides is 3. The van der Waals surface area contributed by atoms with Gasteiger partial charge in [0, 0.05) is 42.5 Å².